The van der Waals surface area contributed by atoms with E-state index in [9.17, 15) is 9.59 Å². The van der Waals surface area contributed by atoms with Gasteiger partial charge in [-0.1, -0.05) is 25.8 Å². The predicted octanol–water partition coefficient (Wildman–Crippen LogP) is 2.48. The van der Waals surface area contributed by atoms with Crippen molar-refractivity contribution in [3.05, 3.63) is 29.3 Å². The molecule has 158 valence electrons. The summed E-state index contributed by atoms with van der Waals surface area (Å²) in [5, 5.41) is 3.59. The van der Waals surface area contributed by atoms with E-state index in [1.165, 1.54) is 21.7 Å². The normalized spacial score (nSPS) is 27.4. The van der Waals surface area contributed by atoms with E-state index >= 15 is 0 Å². The zero-order chi connectivity index (χ0) is 20.7. The predicted molar refractivity (Wildman–Crippen MR) is 113 cm³/mol. The minimum Gasteiger partial charge on any atom is -0.343 e. The molecule has 3 saturated heterocycles. The van der Waals surface area contributed by atoms with E-state index in [-0.39, 0.29) is 30.4 Å². The zero-order valence-corrected chi connectivity index (χ0v) is 18.0. The summed E-state index contributed by atoms with van der Waals surface area (Å²) in [5.74, 6) is -0.0496. The van der Waals surface area contributed by atoms with Crippen LogP contribution in [-0.4, -0.2) is 71.8 Å². The molecule has 29 heavy (non-hydrogen) atoms. The molecule has 1 aromatic rings. The number of amides is 3. The van der Waals surface area contributed by atoms with E-state index in [2.05, 4.69) is 54.1 Å². The van der Waals surface area contributed by atoms with Crippen LogP contribution in [0.3, 0.4) is 0 Å². The van der Waals surface area contributed by atoms with Crippen molar-refractivity contribution < 1.29 is 9.59 Å². The number of benzene rings is 1. The maximum atomic E-state index is 13.3. The third-order valence-corrected chi connectivity index (χ3v) is 6.39. The van der Waals surface area contributed by atoms with E-state index in [1.807, 2.05) is 7.05 Å². The highest BCUT2D eigenvalue weighted by molar-refractivity contribution is 6.00. The molecule has 3 unspecified atom stereocenters. The van der Waals surface area contributed by atoms with Crippen molar-refractivity contribution in [1.29, 1.82) is 0 Å². The molecule has 1 N–H and O–H groups in total. The molecule has 3 aliphatic rings. The summed E-state index contributed by atoms with van der Waals surface area (Å²) in [7, 11) is 1.81. The van der Waals surface area contributed by atoms with Gasteiger partial charge < -0.3 is 9.80 Å². The first kappa shape index (κ1) is 20.2. The highest BCUT2D eigenvalue weighted by atomic mass is 16.2. The molecule has 3 amide bonds. The number of imide groups is 1. The first-order valence-electron chi connectivity index (χ1n) is 10.9. The second-order valence-electron chi connectivity index (χ2n) is 8.65. The minimum atomic E-state index is -0.321. The SMILES string of the molecule is CCCCCN1C(=O)C2C(NC3N(c4cc(C)cc(C)c4)CCCN23)N(C)C1=O. The number of carbonyl (C=O) groups excluding carboxylic acids is 2. The Hall–Kier alpha value is -2.12. The van der Waals surface area contributed by atoms with Crippen LogP contribution < -0.4 is 10.2 Å². The van der Waals surface area contributed by atoms with Crippen molar-refractivity contribution in [3.8, 4) is 0 Å². The van der Waals surface area contributed by atoms with Gasteiger partial charge in [0.2, 0.25) is 0 Å². The maximum Gasteiger partial charge on any atom is 0.327 e. The lowest BCUT2D eigenvalue weighted by atomic mass is 10.1. The van der Waals surface area contributed by atoms with E-state index < -0.39 is 0 Å². The molecular weight excluding hydrogens is 366 g/mol. The Bertz CT molecular complexity index is 777. The average molecular weight is 400 g/mol. The Labute approximate surface area is 173 Å². The van der Waals surface area contributed by atoms with Gasteiger partial charge >= 0.3 is 6.03 Å². The van der Waals surface area contributed by atoms with Crippen LogP contribution in [0.25, 0.3) is 0 Å². The van der Waals surface area contributed by atoms with Crippen LogP contribution in [0.1, 0.15) is 43.7 Å². The van der Waals surface area contributed by atoms with Crippen molar-refractivity contribution in [2.75, 3.05) is 31.6 Å². The van der Waals surface area contributed by atoms with Crippen LogP contribution in [0.15, 0.2) is 18.2 Å². The number of hydrogen-bond acceptors (Lipinski definition) is 5. The average Bonchev–Trinajstić information content (AvgIpc) is 3.08. The van der Waals surface area contributed by atoms with Crippen LogP contribution in [0.4, 0.5) is 10.5 Å². The topological polar surface area (TPSA) is 59.1 Å². The third-order valence-electron chi connectivity index (χ3n) is 6.39. The summed E-state index contributed by atoms with van der Waals surface area (Å²) < 4.78 is 0. The van der Waals surface area contributed by atoms with Crippen molar-refractivity contribution in [2.45, 2.75) is 65.0 Å². The molecule has 0 saturated carbocycles. The number of carbonyl (C=O) groups is 2. The van der Waals surface area contributed by atoms with Gasteiger partial charge in [0.25, 0.3) is 5.91 Å². The largest absolute Gasteiger partial charge is 0.343 e. The lowest BCUT2D eigenvalue weighted by molar-refractivity contribution is -0.138. The number of likely N-dealkylation sites (N-methyl/N-ethyl adjacent to an activating group) is 1. The van der Waals surface area contributed by atoms with Gasteiger partial charge in [-0.25, -0.2) is 4.79 Å². The number of nitrogens with one attached hydrogen (secondary N) is 1. The number of hydrogen-bond donors (Lipinski definition) is 1. The Morgan fingerprint density at radius 1 is 1.07 bits per heavy atom. The van der Waals surface area contributed by atoms with Crippen LogP contribution in [0.5, 0.6) is 0 Å². The number of fused-ring (bicyclic) bond motifs is 3. The van der Waals surface area contributed by atoms with Crippen molar-refractivity contribution in [3.63, 3.8) is 0 Å². The van der Waals surface area contributed by atoms with Crippen LogP contribution in [0.2, 0.25) is 0 Å². The molecule has 1 aromatic carbocycles. The minimum absolute atomic E-state index is 0.0496. The summed E-state index contributed by atoms with van der Waals surface area (Å²) in [6.45, 7) is 8.66. The van der Waals surface area contributed by atoms with E-state index in [0.29, 0.717) is 6.54 Å². The summed E-state index contributed by atoms with van der Waals surface area (Å²) in [4.78, 5) is 34.0. The van der Waals surface area contributed by atoms with Crippen LogP contribution in [0, 0.1) is 13.8 Å². The summed E-state index contributed by atoms with van der Waals surface area (Å²) in [5.41, 5.74) is 3.64. The highest BCUT2D eigenvalue weighted by Gasteiger charge is 2.55. The molecule has 7 nitrogen and oxygen atoms in total. The fourth-order valence-corrected chi connectivity index (χ4v) is 5.03. The molecule has 0 spiro atoms. The summed E-state index contributed by atoms with van der Waals surface area (Å²) in [6, 6.07) is 6.08. The van der Waals surface area contributed by atoms with Crippen LogP contribution >= 0.6 is 0 Å². The Balaban J connectivity index is 1.61. The number of nitrogens with zero attached hydrogens (tertiary/aromatic N) is 4. The van der Waals surface area contributed by atoms with E-state index in [4.69, 9.17) is 0 Å². The molecule has 0 radical (unpaired) electrons. The first-order valence-corrected chi connectivity index (χ1v) is 10.9. The van der Waals surface area contributed by atoms with Gasteiger partial charge in [0, 0.05) is 32.4 Å². The fourth-order valence-electron chi connectivity index (χ4n) is 5.03. The van der Waals surface area contributed by atoms with Gasteiger partial charge in [-0.15, -0.1) is 0 Å². The maximum absolute atomic E-state index is 13.3. The van der Waals surface area contributed by atoms with Crippen molar-refractivity contribution in [1.82, 2.24) is 20.0 Å². The Kier molecular flexibility index (Phi) is 5.53. The Morgan fingerprint density at radius 3 is 2.48 bits per heavy atom. The molecule has 0 aromatic heterocycles. The number of unbranched alkanes of at least 4 members (excludes halogenated alkanes) is 2. The number of anilines is 1. The van der Waals surface area contributed by atoms with Gasteiger partial charge in [-0.05, 0) is 49.9 Å². The fraction of sp³-hybridized carbons (Fsp3) is 0.636. The number of rotatable bonds is 5. The molecule has 4 rings (SSSR count). The highest BCUT2D eigenvalue weighted by Crippen LogP contribution is 2.33. The summed E-state index contributed by atoms with van der Waals surface area (Å²) in [6.07, 6.45) is 3.60. The van der Waals surface area contributed by atoms with Gasteiger partial charge in [0.15, 0.2) is 0 Å². The lowest BCUT2D eigenvalue weighted by Gasteiger charge is -2.44. The zero-order valence-electron chi connectivity index (χ0n) is 18.0. The van der Waals surface area contributed by atoms with E-state index in [1.54, 1.807) is 4.90 Å². The molecule has 3 aliphatic heterocycles. The molecular formula is C22H33N5O2. The van der Waals surface area contributed by atoms with Gasteiger partial charge in [0.1, 0.15) is 18.5 Å². The van der Waals surface area contributed by atoms with Gasteiger partial charge in [-0.2, -0.15) is 0 Å². The molecule has 7 heteroatoms. The smallest absolute Gasteiger partial charge is 0.327 e. The molecule has 3 atom stereocenters. The second kappa shape index (κ2) is 7.95. The standard InChI is InChI=1S/C22H33N5O2/c1-5-6-7-9-27-20(28)18-19(24(4)22(27)29)23-21-25(10-8-11-26(18)21)17-13-15(2)12-16(3)14-17/h12-14,18-19,21,23H,5-11H2,1-4H3. The number of aryl methyl sites for hydroxylation is 2. The van der Waals surface area contributed by atoms with Gasteiger partial charge in [0.05, 0.1) is 0 Å². The van der Waals surface area contributed by atoms with Gasteiger partial charge in [-0.3, -0.25) is 19.9 Å². The summed E-state index contributed by atoms with van der Waals surface area (Å²) >= 11 is 0. The molecule has 0 aliphatic carbocycles. The monoisotopic (exact) mass is 399 g/mol. The quantitative estimate of drug-likeness (QED) is 0.771. The van der Waals surface area contributed by atoms with Crippen LogP contribution in [-0.2, 0) is 4.79 Å². The van der Waals surface area contributed by atoms with Crippen molar-refractivity contribution in [2.24, 2.45) is 0 Å². The molecule has 3 heterocycles. The molecule has 3 fully saturated rings. The lowest BCUT2D eigenvalue weighted by Crippen LogP contribution is -2.66. The van der Waals surface area contributed by atoms with Crippen molar-refractivity contribution >= 4 is 17.6 Å². The number of urea groups is 1. The third kappa shape index (κ3) is 3.51. The van der Waals surface area contributed by atoms with E-state index in [0.717, 1.165) is 38.8 Å². The second-order valence-corrected chi connectivity index (χ2v) is 8.65. The Morgan fingerprint density at radius 2 is 1.79 bits per heavy atom. The first-order chi connectivity index (χ1) is 13.9. The molecule has 0 bridgehead atoms.